The molecule has 1 aromatic heterocycles. The number of carbonyl (C=O) groups is 1. The van der Waals surface area contributed by atoms with Crippen LogP contribution in [0.25, 0.3) is 10.1 Å². The normalized spacial score (nSPS) is 17.0. The molecule has 21 heavy (non-hydrogen) atoms. The van der Waals surface area contributed by atoms with E-state index >= 15 is 0 Å². The Morgan fingerprint density at radius 1 is 1.29 bits per heavy atom. The first-order valence-corrected chi connectivity index (χ1v) is 9.47. The molecule has 0 saturated heterocycles. The van der Waals surface area contributed by atoms with Crippen LogP contribution >= 0.6 is 11.3 Å². The molecule has 4 nitrogen and oxygen atoms in total. The lowest BCUT2D eigenvalue weighted by Crippen LogP contribution is -2.21. The van der Waals surface area contributed by atoms with Crippen molar-refractivity contribution in [3.63, 3.8) is 0 Å². The predicted octanol–water partition coefficient (Wildman–Crippen LogP) is 3.07. The van der Waals surface area contributed by atoms with E-state index in [-0.39, 0.29) is 17.9 Å². The van der Waals surface area contributed by atoms with Crippen LogP contribution < -0.4 is 0 Å². The second-order valence-corrected chi connectivity index (χ2v) is 8.84. The van der Waals surface area contributed by atoms with E-state index in [4.69, 9.17) is 5.11 Å². The lowest BCUT2D eigenvalue weighted by molar-refractivity contribution is -0.138. The molecule has 1 aromatic carbocycles. The van der Waals surface area contributed by atoms with E-state index in [1.54, 1.807) is 11.3 Å². The Bertz CT molecular complexity index is 785. The van der Waals surface area contributed by atoms with Gasteiger partial charge in [-0.25, -0.2) is 8.42 Å². The molecule has 1 saturated carbocycles. The van der Waals surface area contributed by atoms with Gasteiger partial charge in [0.05, 0.1) is 17.9 Å². The Balaban J connectivity index is 1.79. The number of carboxylic acid groups (broad SMARTS) is 1. The van der Waals surface area contributed by atoms with Crippen molar-refractivity contribution in [3.05, 3.63) is 35.2 Å². The van der Waals surface area contributed by atoms with Crippen LogP contribution in [-0.4, -0.2) is 25.2 Å². The maximum Gasteiger partial charge on any atom is 0.303 e. The Hall–Kier alpha value is -1.40. The van der Waals surface area contributed by atoms with Crippen molar-refractivity contribution in [1.29, 1.82) is 0 Å². The van der Waals surface area contributed by atoms with E-state index in [2.05, 4.69) is 0 Å². The van der Waals surface area contributed by atoms with Gasteiger partial charge in [0.25, 0.3) is 0 Å². The van der Waals surface area contributed by atoms with Crippen molar-refractivity contribution in [2.24, 2.45) is 5.41 Å². The summed E-state index contributed by atoms with van der Waals surface area (Å²) in [6.45, 7) is 0. The maximum absolute atomic E-state index is 12.4. The minimum absolute atomic E-state index is 0.00160. The summed E-state index contributed by atoms with van der Waals surface area (Å²) in [6.07, 6.45) is 1.35. The number of sulfone groups is 1. The molecule has 1 fully saturated rings. The molecular formula is C15H16O4S2. The summed E-state index contributed by atoms with van der Waals surface area (Å²) in [5, 5.41) is 11.8. The quantitative estimate of drug-likeness (QED) is 0.886. The molecule has 2 aromatic rings. The lowest BCUT2D eigenvalue weighted by atomic mass is 10.1. The molecule has 0 radical (unpaired) electrons. The predicted molar refractivity (Wildman–Crippen MR) is 83.2 cm³/mol. The van der Waals surface area contributed by atoms with Crippen LogP contribution in [0.1, 0.15) is 24.8 Å². The molecule has 1 heterocycles. The average molecular weight is 324 g/mol. The number of thiophene rings is 1. The van der Waals surface area contributed by atoms with Gasteiger partial charge in [-0.05, 0) is 40.7 Å². The highest BCUT2D eigenvalue weighted by Gasteiger charge is 2.47. The summed E-state index contributed by atoms with van der Waals surface area (Å²) in [5.74, 6) is -0.932. The molecule has 3 rings (SSSR count). The summed E-state index contributed by atoms with van der Waals surface area (Å²) in [7, 11) is -3.29. The van der Waals surface area contributed by atoms with Gasteiger partial charge in [0, 0.05) is 4.70 Å². The van der Waals surface area contributed by atoms with Gasteiger partial charge in [0.1, 0.15) is 0 Å². The zero-order valence-electron chi connectivity index (χ0n) is 11.4. The van der Waals surface area contributed by atoms with Crippen LogP contribution in [-0.2, 0) is 20.4 Å². The van der Waals surface area contributed by atoms with E-state index in [0.717, 1.165) is 15.6 Å². The summed E-state index contributed by atoms with van der Waals surface area (Å²) in [5.41, 5.74) is 0.304. The number of aliphatic carboxylic acids is 1. The van der Waals surface area contributed by atoms with Crippen molar-refractivity contribution < 1.29 is 18.3 Å². The van der Waals surface area contributed by atoms with Crippen LogP contribution in [0, 0.1) is 5.41 Å². The molecule has 0 atom stereocenters. The van der Waals surface area contributed by atoms with Crippen molar-refractivity contribution >= 4 is 37.2 Å². The zero-order valence-corrected chi connectivity index (χ0v) is 13.0. The van der Waals surface area contributed by atoms with Crippen molar-refractivity contribution in [2.45, 2.75) is 25.0 Å². The molecule has 0 spiro atoms. The minimum atomic E-state index is -3.29. The number of fused-ring (bicyclic) bond motifs is 1. The van der Waals surface area contributed by atoms with E-state index in [0.29, 0.717) is 12.8 Å². The number of carboxylic acids is 1. The molecular weight excluding hydrogens is 308 g/mol. The third-order valence-corrected chi connectivity index (χ3v) is 6.76. The largest absolute Gasteiger partial charge is 0.481 e. The third kappa shape index (κ3) is 3.27. The van der Waals surface area contributed by atoms with Crippen molar-refractivity contribution in [3.8, 4) is 0 Å². The highest BCUT2D eigenvalue weighted by Crippen LogP contribution is 2.50. The molecule has 112 valence electrons. The van der Waals surface area contributed by atoms with E-state index in [9.17, 15) is 13.2 Å². The van der Waals surface area contributed by atoms with Gasteiger partial charge in [0.2, 0.25) is 0 Å². The molecule has 1 aliphatic rings. The summed E-state index contributed by atoms with van der Waals surface area (Å²) < 4.78 is 25.9. The number of hydrogen-bond donors (Lipinski definition) is 1. The second-order valence-electron chi connectivity index (χ2n) is 5.86. The van der Waals surface area contributed by atoms with Gasteiger partial charge in [-0.15, -0.1) is 11.3 Å². The zero-order chi connectivity index (χ0) is 15.1. The molecule has 0 bridgehead atoms. The Morgan fingerprint density at radius 3 is 2.67 bits per heavy atom. The fourth-order valence-corrected chi connectivity index (χ4v) is 5.98. The van der Waals surface area contributed by atoms with Gasteiger partial charge in [-0.1, -0.05) is 18.2 Å². The molecule has 1 aliphatic carbocycles. The SMILES string of the molecule is O=C(O)CC1(CS(=O)(=O)Cc2csc3ccccc23)CC1. The van der Waals surface area contributed by atoms with Crippen molar-refractivity contribution in [1.82, 2.24) is 0 Å². The van der Waals surface area contributed by atoms with Gasteiger partial charge in [-0.2, -0.15) is 0 Å². The number of hydrogen-bond acceptors (Lipinski definition) is 4. The van der Waals surface area contributed by atoms with Gasteiger partial charge in [-0.3, -0.25) is 4.79 Å². The fourth-order valence-electron chi connectivity index (χ4n) is 2.77. The molecule has 1 N–H and O–H groups in total. The molecule has 0 amide bonds. The summed E-state index contributed by atoms with van der Waals surface area (Å²) in [4.78, 5) is 10.8. The van der Waals surface area contributed by atoms with Crippen LogP contribution in [0.4, 0.5) is 0 Å². The highest BCUT2D eigenvalue weighted by molar-refractivity contribution is 7.90. The van der Waals surface area contributed by atoms with Gasteiger partial charge < -0.3 is 5.11 Å². The Labute approximate surface area is 127 Å². The fraction of sp³-hybridized carbons (Fsp3) is 0.400. The standard InChI is InChI=1S/C15H16O4S2/c16-14(17)7-15(5-6-15)10-21(18,19)9-11-8-20-13-4-2-1-3-12(11)13/h1-4,8H,5-7,9-10H2,(H,16,17). The highest BCUT2D eigenvalue weighted by atomic mass is 32.2. The van der Waals surface area contributed by atoms with E-state index in [1.807, 2.05) is 29.6 Å². The molecule has 6 heteroatoms. The number of rotatable bonds is 6. The monoisotopic (exact) mass is 324 g/mol. The van der Waals surface area contributed by atoms with Crippen molar-refractivity contribution in [2.75, 3.05) is 5.75 Å². The average Bonchev–Trinajstić information content (AvgIpc) is 2.99. The van der Waals surface area contributed by atoms with Crippen LogP contribution in [0.15, 0.2) is 29.6 Å². The molecule has 0 unspecified atom stereocenters. The van der Waals surface area contributed by atoms with Gasteiger partial charge >= 0.3 is 5.97 Å². The number of benzene rings is 1. The Kier molecular flexibility index (Phi) is 3.53. The Morgan fingerprint density at radius 2 is 2.00 bits per heavy atom. The van der Waals surface area contributed by atoms with E-state index in [1.165, 1.54) is 0 Å². The molecule has 0 aliphatic heterocycles. The minimum Gasteiger partial charge on any atom is -0.481 e. The third-order valence-electron chi connectivity index (χ3n) is 3.95. The first-order chi connectivity index (χ1) is 9.89. The first-order valence-electron chi connectivity index (χ1n) is 6.77. The maximum atomic E-state index is 12.4. The lowest BCUT2D eigenvalue weighted by Gasteiger charge is -2.12. The first kappa shape index (κ1) is 14.5. The van der Waals surface area contributed by atoms with Crippen LogP contribution in [0.2, 0.25) is 0 Å². The summed E-state index contributed by atoms with van der Waals surface area (Å²) >= 11 is 1.54. The smallest absolute Gasteiger partial charge is 0.303 e. The topological polar surface area (TPSA) is 71.4 Å². The van der Waals surface area contributed by atoms with Gasteiger partial charge in [0.15, 0.2) is 9.84 Å². The van der Waals surface area contributed by atoms with E-state index < -0.39 is 21.2 Å². The summed E-state index contributed by atoms with van der Waals surface area (Å²) in [6, 6.07) is 7.74. The van der Waals surface area contributed by atoms with Crippen LogP contribution in [0.5, 0.6) is 0 Å². The second kappa shape index (κ2) is 5.10. The van der Waals surface area contributed by atoms with Crippen LogP contribution in [0.3, 0.4) is 0 Å².